The summed E-state index contributed by atoms with van der Waals surface area (Å²) < 4.78 is 69.2. The van der Waals surface area contributed by atoms with E-state index >= 15 is 8.78 Å². The van der Waals surface area contributed by atoms with Gasteiger partial charge in [0.2, 0.25) is 11.8 Å². The van der Waals surface area contributed by atoms with Crippen molar-refractivity contribution in [3.63, 3.8) is 0 Å². The van der Waals surface area contributed by atoms with Gasteiger partial charge in [0.15, 0.2) is 11.6 Å². The summed E-state index contributed by atoms with van der Waals surface area (Å²) in [6.45, 7) is 6.02. The zero-order valence-electron chi connectivity index (χ0n) is 36.1. The number of hydrogen-bond acceptors (Lipinski definition) is 12. The highest BCUT2D eigenvalue weighted by atomic mass is 19.1. The fourth-order valence-electron chi connectivity index (χ4n) is 8.91. The van der Waals surface area contributed by atoms with Crippen LogP contribution in [0.1, 0.15) is 49.7 Å². The predicted molar refractivity (Wildman–Crippen MR) is 246 cm³/mol. The van der Waals surface area contributed by atoms with Gasteiger partial charge < -0.3 is 42.2 Å². The molecule has 20 heteroatoms. The van der Waals surface area contributed by atoms with Gasteiger partial charge in [0.25, 0.3) is 0 Å². The number of nitrogens with one attached hydrogen (secondary N) is 6. The number of anilines is 6. The van der Waals surface area contributed by atoms with Crippen molar-refractivity contribution in [2.75, 3.05) is 59.0 Å². The van der Waals surface area contributed by atoms with Crippen LogP contribution >= 0.6 is 0 Å². The Labute approximate surface area is 376 Å². The molecule has 0 spiro atoms. The number of benzene rings is 2. The van der Waals surface area contributed by atoms with E-state index in [4.69, 9.17) is 20.9 Å². The molecule has 344 valence electrons. The van der Waals surface area contributed by atoms with Gasteiger partial charge in [0, 0.05) is 70.9 Å². The number of urea groups is 2. The summed E-state index contributed by atoms with van der Waals surface area (Å²) in [7, 11) is 0. The minimum Gasteiger partial charge on any atom is -0.474 e. The number of carbonyl (C=O) groups is 2. The van der Waals surface area contributed by atoms with Crippen LogP contribution in [0, 0.1) is 25.5 Å². The Morgan fingerprint density at radius 1 is 0.621 bits per heavy atom. The number of aromatic nitrogens is 4. The lowest BCUT2D eigenvalue weighted by atomic mass is 9.97. The van der Waals surface area contributed by atoms with Crippen molar-refractivity contribution in [2.45, 2.75) is 76.8 Å². The number of halogens is 4. The van der Waals surface area contributed by atoms with E-state index in [0.29, 0.717) is 96.4 Å². The molecular weight excluding hydrogens is 861 g/mol. The lowest BCUT2D eigenvalue weighted by Crippen LogP contribution is -2.40. The van der Waals surface area contributed by atoms with Crippen LogP contribution in [0.15, 0.2) is 49.1 Å². The number of rotatable bonds is 6. The maximum absolute atomic E-state index is 15.3. The Morgan fingerprint density at radius 2 is 1.05 bits per heavy atom. The molecule has 4 amide bonds. The molecule has 16 nitrogen and oxygen atoms in total. The molecule has 6 aromatic rings. The van der Waals surface area contributed by atoms with Crippen molar-refractivity contribution >= 4 is 68.0 Å². The van der Waals surface area contributed by atoms with Gasteiger partial charge in [0.05, 0.1) is 23.5 Å². The lowest BCUT2D eigenvalue weighted by molar-refractivity contribution is 0.235. The molecule has 2 aliphatic carbocycles. The minimum absolute atomic E-state index is 0.0430. The first kappa shape index (κ1) is 43.9. The first-order valence-corrected chi connectivity index (χ1v) is 21.8. The van der Waals surface area contributed by atoms with Crippen LogP contribution in [0.4, 0.5) is 61.5 Å². The second-order valence-electron chi connectivity index (χ2n) is 16.7. The van der Waals surface area contributed by atoms with Crippen molar-refractivity contribution in [3.05, 3.63) is 71.8 Å². The van der Waals surface area contributed by atoms with Gasteiger partial charge in [-0.1, -0.05) is 0 Å². The van der Waals surface area contributed by atoms with Gasteiger partial charge in [-0.2, -0.15) is 0 Å². The van der Waals surface area contributed by atoms with Crippen molar-refractivity contribution in [2.24, 2.45) is 0 Å². The minimum atomic E-state index is -1.04. The number of carbonyl (C=O) groups excluding carboxylic acids is 2. The number of nitrogens with zero attached hydrogens (tertiary/aromatic N) is 4. The molecule has 4 atom stereocenters. The molecule has 2 aromatic carbocycles. The normalized spacial score (nSPS) is 19.5. The number of pyridine rings is 4. The zero-order valence-corrected chi connectivity index (χ0v) is 36.1. The fraction of sp³-hybridized carbons (Fsp3) is 0.348. The van der Waals surface area contributed by atoms with Gasteiger partial charge in [-0.3, -0.25) is 10.6 Å². The molecule has 4 aliphatic rings. The van der Waals surface area contributed by atoms with Gasteiger partial charge in [-0.15, -0.1) is 0 Å². The predicted octanol–water partition coefficient (Wildman–Crippen LogP) is 8.29. The Morgan fingerprint density at radius 3 is 1.44 bits per heavy atom. The summed E-state index contributed by atoms with van der Waals surface area (Å²) in [6.07, 6.45) is 7.46. The average Bonchev–Trinajstić information content (AvgIpc) is 3.92. The molecular formula is C46H48F4N12O4. The van der Waals surface area contributed by atoms with Crippen LogP contribution in [0.25, 0.3) is 43.8 Å². The third-order valence-corrected chi connectivity index (χ3v) is 12.5. The number of fused-ring (bicyclic) bond motifs is 4. The first-order valence-electron chi connectivity index (χ1n) is 21.8. The maximum Gasteiger partial charge on any atom is 0.320 e. The van der Waals surface area contributed by atoms with Gasteiger partial charge in [-0.25, -0.2) is 47.1 Å². The van der Waals surface area contributed by atoms with E-state index in [2.05, 4.69) is 51.8 Å². The van der Waals surface area contributed by atoms with Crippen LogP contribution in [-0.4, -0.2) is 82.7 Å². The summed E-state index contributed by atoms with van der Waals surface area (Å²) in [5.41, 5.74) is 16.9. The van der Waals surface area contributed by atoms with Crippen LogP contribution in [0.2, 0.25) is 0 Å². The Balaban J connectivity index is 0.000000166. The summed E-state index contributed by atoms with van der Waals surface area (Å²) in [5.74, 6) is 0.327. The number of alkyl halides is 2. The van der Waals surface area contributed by atoms with Gasteiger partial charge in [0.1, 0.15) is 48.6 Å². The van der Waals surface area contributed by atoms with Crippen LogP contribution in [0.5, 0.6) is 11.8 Å². The highest BCUT2D eigenvalue weighted by Gasteiger charge is 2.30. The largest absolute Gasteiger partial charge is 0.474 e. The molecule has 4 aromatic heterocycles. The fourth-order valence-corrected chi connectivity index (χ4v) is 8.91. The number of nitrogen functional groups attached to an aromatic ring is 2. The smallest absolute Gasteiger partial charge is 0.320 e. The van der Waals surface area contributed by atoms with Crippen molar-refractivity contribution < 1.29 is 36.6 Å². The number of nitrogens with two attached hydrogens (primary N) is 2. The highest BCUT2D eigenvalue weighted by molar-refractivity contribution is 6.01. The van der Waals surface area contributed by atoms with Crippen LogP contribution in [-0.2, 0) is 0 Å². The summed E-state index contributed by atoms with van der Waals surface area (Å²) in [6, 6.07) is 4.45. The molecule has 66 heavy (non-hydrogen) atoms. The molecule has 0 radical (unpaired) electrons. The van der Waals surface area contributed by atoms with Crippen molar-refractivity contribution in [1.29, 1.82) is 0 Å². The van der Waals surface area contributed by atoms with E-state index in [1.807, 2.05) is 13.8 Å². The standard InChI is InChI=1S/2C23H24F2N6O2/c2*1-11-14(9-29-22-21(11)27-5-6-33-22)13-7-12-8-18(28-10-15(12)20(26)19(13)25)31-23(32)30-17-4-2-3-16(17)24/h2*7-10,16-17,27H,2-6,26H2,1H3,(H2,28,30,31,32)/t2*16-,17+/m10/s1. The topological polar surface area (TPSA) is 228 Å². The molecule has 2 fully saturated rings. The third kappa shape index (κ3) is 8.61. The molecule has 6 heterocycles. The van der Waals surface area contributed by atoms with Crippen LogP contribution in [0.3, 0.4) is 0 Å². The number of ether oxygens (including phenoxy) is 2. The van der Waals surface area contributed by atoms with Crippen molar-refractivity contribution in [3.8, 4) is 34.0 Å². The number of hydrogen-bond donors (Lipinski definition) is 8. The van der Waals surface area contributed by atoms with Gasteiger partial charge in [-0.05, 0) is 98.5 Å². The monoisotopic (exact) mass is 908 g/mol. The molecule has 2 saturated carbocycles. The Bertz CT molecular complexity index is 2700. The highest BCUT2D eigenvalue weighted by Crippen LogP contribution is 2.41. The molecule has 0 saturated heterocycles. The second kappa shape index (κ2) is 18.2. The van der Waals surface area contributed by atoms with E-state index in [1.165, 1.54) is 12.4 Å². The summed E-state index contributed by atoms with van der Waals surface area (Å²) >= 11 is 0. The lowest BCUT2D eigenvalue weighted by Gasteiger charge is -2.22. The molecule has 0 unspecified atom stereocenters. The average molecular weight is 909 g/mol. The Kier molecular flexibility index (Phi) is 12.1. The molecule has 2 aliphatic heterocycles. The van der Waals surface area contributed by atoms with Gasteiger partial charge >= 0.3 is 12.1 Å². The van der Waals surface area contributed by atoms with E-state index < -0.39 is 48.1 Å². The third-order valence-electron chi connectivity index (χ3n) is 12.5. The Hall–Kier alpha value is -7.38. The molecule has 10 N–H and O–H groups in total. The first-order chi connectivity index (χ1) is 31.8. The SMILES string of the molecule is Cc1c(-c2cc3cc(NC(=O)N[C@@H]4CCC[C@@H]4F)ncc3c(N)c2F)cnc2c1NCCO2.Cc1c(-c2cc3cc(NC(=O)N[C@H]4CCC[C@H]4F)ncc3c(N)c2F)cnc2c1NCCO2. The van der Waals surface area contributed by atoms with E-state index in [9.17, 15) is 18.4 Å². The van der Waals surface area contributed by atoms with Crippen molar-refractivity contribution in [1.82, 2.24) is 30.6 Å². The zero-order chi connectivity index (χ0) is 46.2. The maximum atomic E-state index is 15.3. The quantitative estimate of drug-likeness (QED) is 0.0583. The number of amides is 4. The van der Waals surface area contributed by atoms with E-state index in [0.717, 1.165) is 35.3 Å². The van der Waals surface area contributed by atoms with E-state index in [-0.39, 0.29) is 34.1 Å². The summed E-state index contributed by atoms with van der Waals surface area (Å²) in [4.78, 5) is 41.6. The molecule has 10 rings (SSSR count). The van der Waals surface area contributed by atoms with Crippen LogP contribution < -0.4 is 52.8 Å². The summed E-state index contributed by atoms with van der Waals surface area (Å²) in [5, 5.41) is 19.1. The molecule has 0 bridgehead atoms. The van der Waals surface area contributed by atoms with E-state index in [1.54, 1.807) is 36.7 Å². The second-order valence-corrected chi connectivity index (χ2v) is 16.7.